The van der Waals surface area contributed by atoms with Crippen LogP contribution in [0.15, 0.2) is 36.8 Å². The Labute approximate surface area is 137 Å². The molecule has 1 saturated heterocycles. The van der Waals surface area contributed by atoms with Crippen LogP contribution in [0.1, 0.15) is 18.4 Å². The molecule has 0 radical (unpaired) electrons. The molecule has 0 spiro atoms. The second kappa shape index (κ2) is 7.37. The van der Waals surface area contributed by atoms with Gasteiger partial charge < -0.3 is 9.64 Å². The Morgan fingerprint density at radius 3 is 2.78 bits per heavy atom. The van der Waals surface area contributed by atoms with E-state index in [0.717, 1.165) is 31.0 Å². The zero-order valence-corrected chi connectivity index (χ0v) is 13.7. The number of pyridine rings is 1. The summed E-state index contributed by atoms with van der Waals surface area (Å²) in [4.78, 5) is 17.6. The molecule has 3 rings (SSSR count). The van der Waals surface area contributed by atoms with Crippen LogP contribution < -0.4 is 9.64 Å². The molecule has 0 saturated carbocycles. The van der Waals surface area contributed by atoms with Gasteiger partial charge in [-0.3, -0.25) is 4.90 Å². The molecule has 2 aromatic rings. The minimum atomic E-state index is 0.412. The van der Waals surface area contributed by atoms with Gasteiger partial charge in [-0.2, -0.15) is 0 Å². The molecule has 0 N–H and O–H groups in total. The fraction of sp³-hybridized carbons (Fsp3) is 0.471. The predicted octanol–water partition coefficient (Wildman–Crippen LogP) is 1.98. The number of hydrogen-bond acceptors (Lipinski definition) is 6. The second-order valence-corrected chi connectivity index (χ2v) is 5.92. The van der Waals surface area contributed by atoms with Crippen LogP contribution in [0, 0.1) is 0 Å². The van der Waals surface area contributed by atoms with Crippen molar-refractivity contribution in [3.63, 3.8) is 0 Å². The first-order valence-electron chi connectivity index (χ1n) is 7.97. The molecule has 3 heterocycles. The molecule has 6 heteroatoms. The quantitative estimate of drug-likeness (QED) is 0.841. The van der Waals surface area contributed by atoms with Crippen molar-refractivity contribution in [3.05, 3.63) is 42.4 Å². The number of likely N-dealkylation sites (N-methyl/N-ethyl adjacent to an activating group) is 1. The first-order chi connectivity index (χ1) is 11.3. The molecule has 1 aliphatic heterocycles. The first-order valence-corrected chi connectivity index (χ1v) is 7.97. The fourth-order valence-corrected chi connectivity index (χ4v) is 3.01. The van der Waals surface area contributed by atoms with Crippen molar-refractivity contribution in [2.24, 2.45) is 0 Å². The van der Waals surface area contributed by atoms with Crippen LogP contribution >= 0.6 is 0 Å². The van der Waals surface area contributed by atoms with Crippen molar-refractivity contribution in [1.29, 1.82) is 0 Å². The Morgan fingerprint density at radius 2 is 2.09 bits per heavy atom. The third-order valence-electron chi connectivity index (χ3n) is 4.29. The standard InChI is InChI=1S/C17H23N5O/c1-21(12-14-10-19-17(23-2)20-11-14)15-6-5-9-22(13-15)16-7-3-4-8-18-16/h3-4,7-8,10-11,15H,5-6,9,12-13H2,1-2H3/t15-/m0/s1. The predicted molar refractivity (Wildman–Crippen MR) is 89.5 cm³/mol. The van der Waals surface area contributed by atoms with E-state index >= 15 is 0 Å². The van der Waals surface area contributed by atoms with Gasteiger partial charge in [0.15, 0.2) is 0 Å². The van der Waals surface area contributed by atoms with Gasteiger partial charge in [0.1, 0.15) is 5.82 Å². The van der Waals surface area contributed by atoms with Gasteiger partial charge in [-0.15, -0.1) is 0 Å². The number of anilines is 1. The second-order valence-electron chi connectivity index (χ2n) is 5.92. The summed E-state index contributed by atoms with van der Waals surface area (Å²) in [6.07, 6.45) is 7.92. The normalized spacial score (nSPS) is 18.2. The Balaban J connectivity index is 1.61. The van der Waals surface area contributed by atoms with Crippen LogP contribution in [0.4, 0.5) is 5.82 Å². The summed E-state index contributed by atoms with van der Waals surface area (Å²) >= 11 is 0. The lowest BCUT2D eigenvalue weighted by Crippen LogP contribution is -2.46. The smallest absolute Gasteiger partial charge is 0.316 e. The highest BCUT2D eigenvalue weighted by molar-refractivity contribution is 5.38. The van der Waals surface area contributed by atoms with E-state index in [1.807, 2.05) is 30.7 Å². The number of ether oxygens (including phenoxy) is 1. The van der Waals surface area contributed by atoms with E-state index in [1.54, 1.807) is 7.11 Å². The molecule has 23 heavy (non-hydrogen) atoms. The third-order valence-corrected chi connectivity index (χ3v) is 4.29. The van der Waals surface area contributed by atoms with Crippen LogP contribution in [-0.2, 0) is 6.54 Å². The van der Waals surface area contributed by atoms with E-state index in [1.165, 1.54) is 12.8 Å². The number of methoxy groups -OCH3 is 1. The summed E-state index contributed by atoms with van der Waals surface area (Å²) in [5.74, 6) is 1.07. The average molecular weight is 313 g/mol. The van der Waals surface area contributed by atoms with Crippen LogP contribution in [0.2, 0.25) is 0 Å². The van der Waals surface area contributed by atoms with Crippen molar-refractivity contribution in [2.75, 3.05) is 32.1 Å². The van der Waals surface area contributed by atoms with E-state index < -0.39 is 0 Å². The topological polar surface area (TPSA) is 54.4 Å². The molecule has 0 bridgehead atoms. The largest absolute Gasteiger partial charge is 0.467 e. The number of aromatic nitrogens is 3. The van der Waals surface area contributed by atoms with Crippen LogP contribution in [0.5, 0.6) is 6.01 Å². The highest BCUT2D eigenvalue weighted by Crippen LogP contribution is 2.21. The van der Waals surface area contributed by atoms with Gasteiger partial charge in [-0.1, -0.05) is 6.07 Å². The lowest BCUT2D eigenvalue weighted by molar-refractivity contribution is 0.207. The molecule has 1 fully saturated rings. The molecule has 0 unspecified atom stereocenters. The van der Waals surface area contributed by atoms with Gasteiger partial charge in [0.2, 0.25) is 0 Å². The van der Waals surface area contributed by atoms with Crippen molar-refractivity contribution in [3.8, 4) is 6.01 Å². The highest BCUT2D eigenvalue weighted by Gasteiger charge is 2.24. The van der Waals surface area contributed by atoms with Crippen molar-refractivity contribution >= 4 is 5.82 Å². The van der Waals surface area contributed by atoms with Crippen LogP contribution in [0.3, 0.4) is 0 Å². The van der Waals surface area contributed by atoms with E-state index in [2.05, 4.69) is 37.9 Å². The first kappa shape index (κ1) is 15.7. The Kier molecular flexibility index (Phi) is 5.02. The summed E-state index contributed by atoms with van der Waals surface area (Å²) in [5.41, 5.74) is 1.10. The van der Waals surface area contributed by atoms with Crippen LogP contribution in [0.25, 0.3) is 0 Å². The fourth-order valence-electron chi connectivity index (χ4n) is 3.01. The van der Waals surface area contributed by atoms with Crippen molar-refractivity contribution < 1.29 is 4.74 Å². The van der Waals surface area contributed by atoms with Gasteiger partial charge in [0.05, 0.1) is 7.11 Å². The maximum atomic E-state index is 5.00. The average Bonchev–Trinajstić information content (AvgIpc) is 2.63. The van der Waals surface area contributed by atoms with E-state index in [9.17, 15) is 0 Å². The molecule has 0 aromatic carbocycles. The molecule has 0 aliphatic carbocycles. The van der Waals surface area contributed by atoms with Gasteiger partial charge in [0.25, 0.3) is 0 Å². The molecule has 0 amide bonds. The summed E-state index contributed by atoms with van der Waals surface area (Å²) in [7, 11) is 3.74. The van der Waals surface area contributed by atoms with Crippen LogP contribution in [-0.4, -0.2) is 53.1 Å². The zero-order chi connectivity index (χ0) is 16.1. The summed E-state index contributed by atoms with van der Waals surface area (Å²) < 4.78 is 5.00. The summed E-state index contributed by atoms with van der Waals surface area (Å²) in [6.45, 7) is 2.92. The van der Waals surface area contributed by atoms with Gasteiger partial charge in [0, 0.05) is 49.8 Å². The number of nitrogens with zero attached hydrogens (tertiary/aromatic N) is 5. The van der Waals surface area contributed by atoms with Gasteiger partial charge in [-0.25, -0.2) is 15.0 Å². The monoisotopic (exact) mass is 313 g/mol. The van der Waals surface area contributed by atoms with E-state index in [4.69, 9.17) is 4.74 Å². The van der Waals surface area contributed by atoms with Crippen molar-refractivity contribution in [1.82, 2.24) is 19.9 Å². The highest BCUT2D eigenvalue weighted by atomic mass is 16.5. The maximum absolute atomic E-state index is 5.00. The Hall–Kier alpha value is -2.21. The third kappa shape index (κ3) is 3.96. The van der Waals surface area contributed by atoms with E-state index in [-0.39, 0.29) is 0 Å². The Morgan fingerprint density at radius 1 is 1.26 bits per heavy atom. The Bertz CT molecular complexity index is 604. The minimum Gasteiger partial charge on any atom is -0.467 e. The number of hydrogen-bond donors (Lipinski definition) is 0. The van der Waals surface area contributed by atoms with Crippen molar-refractivity contribution in [2.45, 2.75) is 25.4 Å². The molecule has 2 aromatic heterocycles. The van der Waals surface area contributed by atoms with Gasteiger partial charge in [-0.05, 0) is 32.0 Å². The molecular weight excluding hydrogens is 290 g/mol. The number of piperidine rings is 1. The SMILES string of the molecule is COc1ncc(CN(C)[C@H]2CCCN(c3ccccn3)C2)cn1. The maximum Gasteiger partial charge on any atom is 0.316 e. The summed E-state index contributed by atoms with van der Waals surface area (Å²) in [6, 6.07) is 7.01. The molecule has 1 aliphatic rings. The molecule has 6 nitrogen and oxygen atoms in total. The zero-order valence-electron chi connectivity index (χ0n) is 13.7. The number of rotatable bonds is 5. The summed E-state index contributed by atoms with van der Waals surface area (Å²) in [5, 5.41) is 0. The molecule has 1 atom stereocenters. The molecule has 122 valence electrons. The lowest BCUT2D eigenvalue weighted by Gasteiger charge is -2.38. The minimum absolute atomic E-state index is 0.412. The lowest BCUT2D eigenvalue weighted by atomic mass is 10.0. The van der Waals surface area contributed by atoms with Gasteiger partial charge >= 0.3 is 6.01 Å². The molecular formula is C17H23N5O. The van der Waals surface area contributed by atoms with E-state index in [0.29, 0.717) is 12.1 Å².